The van der Waals surface area contributed by atoms with Gasteiger partial charge in [0, 0.05) is 6.54 Å². The van der Waals surface area contributed by atoms with Crippen LogP contribution >= 0.6 is 0 Å². The largest absolute Gasteiger partial charge is 0.460 e. The number of unbranched alkanes of at least 4 members (excludes halogenated alkanes) is 5. The van der Waals surface area contributed by atoms with Crippen LogP contribution in [0.5, 0.6) is 0 Å². The van der Waals surface area contributed by atoms with Crippen LogP contribution in [0.15, 0.2) is 4.99 Å². The Labute approximate surface area is 149 Å². The SMILES string of the molecule is CCCCCCCCN=C(C)C(F)(F)C(F)(F)C(F)(F)C(F)(F)C(F)(F)F. The van der Waals surface area contributed by atoms with E-state index in [0.717, 1.165) is 19.3 Å². The lowest BCUT2D eigenvalue weighted by molar-refractivity contribution is -0.414. The summed E-state index contributed by atoms with van der Waals surface area (Å²) >= 11 is 0. The van der Waals surface area contributed by atoms with E-state index in [9.17, 15) is 48.3 Å². The van der Waals surface area contributed by atoms with E-state index in [1.165, 1.54) is 0 Å². The maximum atomic E-state index is 13.6. The van der Waals surface area contributed by atoms with E-state index in [1.807, 2.05) is 6.92 Å². The Hall–Kier alpha value is -1.10. The molecule has 0 aliphatic carbocycles. The summed E-state index contributed by atoms with van der Waals surface area (Å²) in [6, 6.07) is 0. The Kier molecular flexibility index (Phi) is 8.57. The Morgan fingerprint density at radius 3 is 1.52 bits per heavy atom. The van der Waals surface area contributed by atoms with E-state index in [4.69, 9.17) is 0 Å². The quantitative estimate of drug-likeness (QED) is 0.195. The normalized spacial score (nSPS) is 15.4. The molecule has 0 aromatic rings. The lowest BCUT2D eigenvalue weighted by Crippen LogP contribution is -2.67. The number of rotatable bonds is 11. The highest BCUT2D eigenvalue weighted by atomic mass is 19.4. The second kappa shape index (κ2) is 8.93. The van der Waals surface area contributed by atoms with Crippen molar-refractivity contribution in [1.29, 1.82) is 0 Å². The third-order valence-electron chi connectivity index (χ3n) is 3.85. The average Bonchev–Trinajstić information content (AvgIpc) is 2.52. The molecule has 0 rings (SSSR count). The van der Waals surface area contributed by atoms with Crippen molar-refractivity contribution in [3.63, 3.8) is 0 Å². The molecule has 0 aromatic carbocycles. The van der Waals surface area contributed by atoms with E-state index >= 15 is 0 Å². The number of alkyl halides is 11. The van der Waals surface area contributed by atoms with Gasteiger partial charge in [0.2, 0.25) is 0 Å². The van der Waals surface area contributed by atoms with Crippen molar-refractivity contribution in [3.8, 4) is 0 Å². The van der Waals surface area contributed by atoms with Gasteiger partial charge in [0.25, 0.3) is 0 Å². The van der Waals surface area contributed by atoms with Crippen molar-refractivity contribution >= 4 is 5.71 Å². The minimum absolute atomic E-state index is 0.137. The molecule has 0 aliphatic heterocycles. The van der Waals surface area contributed by atoms with Gasteiger partial charge in [-0.05, 0) is 13.3 Å². The van der Waals surface area contributed by atoms with Gasteiger partial charge in [-0.25, -0.2) is 0 Å². The highest BCUT2D eigenvalue weighted by Gasteiger charge is 2.87. The van der Waals surface area contributed by atoms with E-state index in [0.29, 0.717) is 12.8 Å². The average molecular weight is 423 g/mol. The molecule has 162 valence electrons. The van der Waals surface area contributed by atoms with Gasteiger partial charge < -0.3 is 0 Å². The Balaban J connectivity index is 5.32. The molecule has 0 atom stereocenters. The van der Waals surface area contributed by atoms with Gasteiger partial charge in [-0.3, -0.25) is 4.99 Å². The Morgan fingerprint density at radius 2 is 1.07 bits per heavy atom. The fourth-order valence-corrected chi connectivity index (χ4v) is 2.04. The molecule has 0 spiro atoms. The number of hydrogen-bond acceptors (Lipinski definition) is 1. The van der Waals surface area contributed by atoms with Crippen LogP contribution < -0.4 is 0 Å². The topological polar surface area (TPSA) is 12.4 Å². The molecule has 0 unspecified atom stereocenters. The minimum Gasteiger partial charge on any atom is -0.288 e. The number of hydrogen-bond donors (Lipinski definition) is 0. The van der Waals surface area contributed by atoms with Crippen LogP contribution in [0.3, 0.4) is 0 Å². The summed E-state index contributed by atoms with van der Waals surface area (Å²) < 4.78 is 142. The van der Waals surface area contributed by atoms with E-state index in [-0.39, 0.29) is 13.3 Å². The van der Waals surface area contributed by atoms with Gasteiger partial charge in [-0.2, -0.15) is 48.3 Å². The monoisotopic (exact) mass is 423 g/mol. The van der Waals surface area contributed by atoms with E-state index in [1.54, 1.807) is 0 Å². The standard InChI is InChI=1S/C15H20F11N/c1-3-4-5-6-7-8-9-27-10(2)11(16,17)12(18,19)13(20,21)14(22,23)15(24,25)26/h3-9H2,1-2H3. The Bertz CT molecular complexity index is 494. The number of halogens is 11. The van der Waals surface area contributed by atoms with Crippen molar-refractivity contribution < 1.29 is 48.3 Å². The van der Waals surface area contributed by atoms with Gasteiger partial charge in [0.15, 0.2) is 0 Å². The first kappa shape index (κ1) is 25.9. The molecule has 0 amide bonds. The van der Waals surface area contributed by atoms with Crippen LogP contribution in [0.1, 0.15) is 52.4 Å². The third kappa shape index (κ3) is 5.24. The van der Waals surface area contributed by atoms with Crippen LogP contribution in [0.2, 0.25) is 0 Å². The lowest BCUT2D eigenvalue weighted by atomic mass is 9.95. The molecular weight excluding hydrogens is 403 g/mol. The molecule has 0 N–H and O–H groups in total. The maximum absolute atomic E-state index is 13.6. The zero-order chi connectivity index (χ0) is 21.7. The summed E-state index contributed by atoms with van der Waals surface area (Å²) in [6.07, 6.45) is -3.19. The van der Waals surface area contributed by atoms with Crippen LogP contribution in [0.4, 0.5) is 48.3 Å². The van der Waals surface area contributed by atoms with E-state index in [2.05, 4.69) is 4.99 Å². The summed E-state index contributed by atoms with van der Waals surface area (Å²) in [4.78, 5) is 2.96. The number of nitrogens with zero attached hydrogens (tertiary/aromatic N) is 1. The van der Waals surface area contributed by atoms with Crippen molar-refractivity contribution in [2.24, 2.45) is 4.99 Å². The molecular formula is C15H20F11N. The van der Waals surface area contributed by atoms with Gasteiger partial charge in [0.1, 0.15) is 0 Å². The van der Waals surface area contributed by atoms with Gasteiger partial charge in [0.05, 0.1) is 5.71 Å². The fraction of sp³-hybridized carbons (Fsp3) is 0.933. The molecule has 0 fully saturated rings. The minimum atomic E-state index is -7.39. The van der Waals surface area contributed by atoms with Crippen molar-refractivity contribution in [1.82, 2.24) is 0 Å². The van der Waals surface area contributed by atoms with Gasteiger partial charge in [-0.1, -0.05) is 39.0 Å². The smallest absolute Gasteiger partial charge is 0.288 e. The molecule has 0 heterocycles. The predicted octanol–water partition coefficient (Wildman–Crippen LogP) is 6.91. The second-order valence-corrected chi connectivity index (χ2v) is 6.03. The first-order valence-electron chi connectivity index (χ1n) is 8.08. The van der Waals surface area contributed by atoms with Gasteiger partial charge in [-0.15, -0.1) is 0 Å². The first-order chi connectivity index (χ1) is 12.0. The molecule has 27 heavy (non-hydrogen) atoms. The summed E-state index contributed by atoms with van der Waals surface area (Å²) in [5, 5.41) is 0. The predicted molar refractivity (Wildman–Crippen MR) is 77.2 cm³/mol. The van der Waals surface area contributed by atoms with Crippen molar-refractivity contribution in [3.05, 3.63) is 0 Å². The first-order valence-corrected chi connectivity index (χ1v) is 8.08. The zero-order valence-corrected chi connectivity index (χ0v) is 14.6. The van der Waals surface area contributed by atoms with Gasteiger partial charge >= 0.3 is 29.9 Å². The van der Waals surface area contributed by atoms with E-state index < -0.39 is 42.1 Å². The highest BCUT2D eigenvalue weighted by Crippen LogP contribution is 2.57. The summed E-state index contributed by atoms with van der Waals surface area (Å²) in [6.45, 7) is 1.63. The lowest BCUT2D eigenvalue weighted by Gasteiger charge is -2.37. The molecule has 0 saturated heterocycles. The number of aliphatic imine (C=N–C) groups is 1. The fourth-order valence-electron chi connectivity index (χ4n) is 2.04. The van der Waals surface area contributed by atoms with Crippen LogP contribution in [-0.2, 0) is 0 Å². The molecule has 0 bridgehead atoms. The van der Waals surface area contributed by atoms with Crippen LogP contribution in [-0.4, -0.2) is 42.1 Å². The molecule has 12 heteroatoms. The molecule has 0 saturated carbocycles. The van der Waals surface area contributed by atoms with Crippen molar-refractivity contribution in [2.45, 2.75) is 82.2 Å². The molecule has 0 aliphatic rings. The summed E-state index contributed by atoms with van der Waals surface area (Å²) in [5.74, 6) is -27.8. The molecule has 0 aromatic heterocycles. The van der Waals surface area contributed by atoms with Crippen LogP contribution in [0, 0.1) is 0 Å². The maximum Gasteiger partial charge on any atom is 0.460 e. The Morgan fingerprint density at radius 1 is 0.630 bits per heavy atom. The zero-order valence-electron chi connectivity index (χ0n) is 14.6. The second-order valence-electron chi connectivity index (χ2n) is 6.03. The third-order valence-corrected chi connectivity index (χ3v) is 3.85. The summed E-state index contributed by atoms with van der Waals surface area (Å²) in [7, 11) is 0. The molecule has 0 radical (unpaired) electrons. The molecule has 1 nitrogen and oxygen atoms in total. The van der Waals surface area contributed by atoms with Crippen LogP contribution in [0.25, 0.3) is 0 Å². The highest BCUT2D eigenvalue weighted by molar-refractivity contribution is 5.90. The van der Waals surface area contributed by atoms with Crippen molar-refractivity contribution in [2.75, 3.05) is 6.54 Å². The summed E-state index contributed by atoms with van der Waals surface area (Å²) in [5.41, 5.74) is -1.95.